The Balaban J connectivity index is 3.97. The molecule has 0 aromatic rings. The molecule has 0 aromatic carbocycles. The van der Waals surface area contributed by atoms with E-state index in [0.29, 0.717) is 0 Å². The van der Waals surface area contributed by atoms with Gasteiger partial charge in [0.1, 0.15) is 0 Å². The second-order valence-corrected chi connectivity index (χ2v) is 4.43. The van der Waals surface area contributed by atoms with Gasteiger partial charge in [-0.1, -0.05) is 20.8 Å². The number of aliphatic hydroxyl groups is 2. The third-order valence-corrected chi connectivity index (χ3v) is 1.94. The Kier molecular flexibility index (Phi) is 5.04. The van der Waals surface area contributed by atoms with Gasteiger partial charge < -0.3 is 21.3 Å². The quantitative estimate of drug-likeness (QED) is 0.464. The van der Waals surface area contributed by atoms with E-state index in [1.165, 1.54) is 0 Å². The maximum atomic E-state index is 11.4. The summed E-state index contributed by atoms with van der Waals surface area (Å²) >= 11 is 0. The molecule has 5 heteroatoms. The molecule has 5 N–H and O–H groups in total. The first-order valence-corrected chi connectivity index (χ1v) is 4.61. The largest absolute Gasteiger partial charge is 0.394 e. The minimum absolute atomic E-state index is 0.0269. The van der Waals surface area contributed by atoms with E-state index in [4.69, 9.17) is 15.9 Å². The van der Waals surface area contributed by atoms with Gasteiger partial charge in [-0.2, -0.15) is 0 Å². The molecule has 0 bridgehead atoms. The summed E-state index contributed by atoms with van der Waals surface area (Å²) < 4.78 is 0. The summed E-state index contributed by atoms with van der Waals surface area (Å²) in [6, 6.07) is -0.617. The Hall–Kier alpha value is -0.650. The average Bonchev–Trinajstić information content (AvgIpc) is 2.10. The number of nitrogens with two attached hydrogens (primary N) is 1. The molecule has 0 rings (SSSR count). The van der Waals surface area contributed by atoms with E-state index in [0.717, 1.165) is 0 Å². The van der Waals surface area contributed by atoms with Crippen LogP contribution in [0.2, 0.25) is 0 Å². The zero-order valence-electron chi connectivity index (χ0n) is 8.95. The molecule has 14 heavy (non-hydrogen) atoms. The number of rotatable bonds is 4. The van der Waals surface area contributed by atoms with Crippen molar-refractivity contribution < 1.29 is 15.0 Å². The molecule has 0 aliphatic heterocycles. The number of carbonyl (C=O) groups is 1. The van der Waals surface area contributed by atoms with Crippen molar-refractivity contribution >= 4 is 5.91 Å². The van der Waals surface area contributed by atoms with Gasteiger partial charge in [-0.25, -0.2) is 0 Å². The van der Waals surface area contributed by atoms with Gasteiger partial charge in [0.2, 0.25) is 5.91 Å². The van der Waals surface area contributed by atoms with E-state index in [-0.39, 0.29) is 24.5 Å². The normalized spacial score (nSPS) is 16.1. The summed E-state index contributed by atoms with van der Waals surface area (Å²) in [5, 5.41) is 20.0. The Morgan fingerprint density at radius 3 is 2.36 bits per heavy atom. The fourth-order valence-corrected chi connectivity index (χ4v) is 0.786. The van der Waals surface area contributed by atoms with Gasteiger partial charge in [0.05, 0.1) is 18.8 Å². The number of carbonyl (C=O) groups excluding carboxylic acids is 1. The highest BCUT2D eigenvalue weighted by molar-refractivity contribution is 5.82. The standard InChI is InChI=1S/C9H20N2O3/c1-9(2,3)7(10)8(14)11-4-6(13)5-12/h6-7,12-13H,4-5,10H2,1-3H3,(H,11,14)/t6-,7+/m0/s1. The van der Waals surface area contributed by atoms with Crippen molar-refractivity contribution in [3.05, 3.63) is 0 Å². The van der Waals surface area contributed by atoms with Crippen LogP contribution in [0.5, 0.6) is 0 Å². The predicted octanol–water partition coefficient (Wildman–Crippen LogP) is -1.17. The Bertz CT molecular complexity index is 189. The van der Waals surface area contributed by atoms with Crippen molar-refractivity contribution in [3.63, 3.8) is 0 Å². The van der Waals surface area contributed by atoms with Gasteiger partial charge in [0, 0.05) is 6.54 Å². The number of nitrogens with one attached hydrogen (secondary N) is 1. The lowest BCUT2D eigenvalue weighted by atomic mass is 9.87. The van der Waals surface area contributed by atoms with Crippen LogP contribution >= 0.6 is 0 Å². The van der Waals surface area contributed by atoms with Gasteiger partial charge in [0.15, 0.2) is 0 Å². The average molecular weight is 204 g/mol. The van der Waals surface area contributed by atoms with E-state index >= 15 is 0 Å². The second kappa shape index (κ2) is 5.29. The van der Waals surface area contributed by atoms with Gasteiger partial charge >= 0.3 is 0 Å². The number of amides is 1. The smallest absolute Gasteiger partial charge is 0.237 e. The van der Waals surface area contributed by atoms with Crippen LogP contribution in [0.1, 0.15) is 20.8 Å². The zero-order chi connectivity index (χ0) is 11.4. The first-order chi connectivity index (χ1) is 6.29. The summed E-state index contributed by atoms with van der Waals surface area (Å²) in [4.78, 5) is 11.4. The molecular formula is C9H20N2O3. The zero-order valence-corrected chi connectivity index (χ0v) is 8.95. The fraction of sp³-hybridized carbons (Fsp3) is 0.889. The highest BCUT2D eigenvalue weighted by atomic mass is 16.3. The van der Waals surface area contributed by atoms with E-state index < -0.39 is 12.1 Å². The van der Waals surface area contributed by atoms with Crippen molar-refractivity contribution in [2.24, 2.45) is 11.1 Å². The summed E-state index contributed by atoms with van der Waals surface area (Å²) in [5.74, 6) is -0.315. The first-order valence-electron chi connectivity index (χ1n) is 4.61. The number of hydrogen-bond donors (Lipinski definition) is 4. The molecule has 0 unspecified atom stereocenters. The molecule has 0 spiro atoms. The summed E-state index contributed by atoms with van der Waals surface area (Å²) in [7, 11) is 0. The van der Waals surface area contributed by atoms with Crippen LogP contribution in [-0.4, -0.2) is 41.4 Å². The molecule has 0 radical (unpaired) electrons. The van der Waals surface area contributed by atoms with E-state index in [9.17, 15) is 4.79 Å². The van der Waals surface area contributed by atoms with Crippen molar-refractivity contribution in [1.29, 1.82) is 0 Å². The second-order valence-electron chi connectivity index (χ2n) is 4.43. The SMILES string of the molecule is CC(C)(C)[C@H](N)C(=O)NC[C@H](O)CO. The minimum Gasteiger partial charge on any atom is -0.394 e. The number of aliphatic hydroxyl groups excluding tert-OH is 2. The minimum atomic E-state index is -0.925. The van der Waals surface area contributed by atoms with Crippen LogP contribution in [0.25, 0.3) is 0 Å². The molecule has 2 atom stereocenters. The molecule has 84 valence electrons. The molecular weight excluding hydrogens is 184 g/mol. The summed E-state index contributed by atoms with van der Waals surface area (Å²) in [6.45, 7) is 5.24. The lowest BCUT2D eigenvalue weighted by molar-refractivity contribution is -0.125. The van der Waals surface area contributed by atoms with E-state index in [2.05, 4.69) is 5.32 Å². The van der Waals surface area contributed by atoms with Crippen LogP contribution in [-0.2, 0) is 4.79 Å². The van der Waals surface area contributed by atoms with Crippen molar-refractivity contribution in [2.45, 2.75) is 32.9 Å². The molecule has 0 saturated carbocycles. The summed E-state index contributed by atoms with van der Waals surface area (Å²) in [6.07, 6.45) is -0.925. The van der Waals surface area contributed by atoms with E-state index in [1.54, 1.807) is 0 Å². The van der Waals surface area contributed by atoms with Crippen LogP contribution in [0.15, 0.2) is 0 Å². The van der Waals surface area contributed by atoms with Gasteiger partial charge in [0.25, 0.3) is 0 Å². The third kappa shape index (κ3) is 4.55. The lowest BCUT2D eigenvalue weighted by Crippen LogP contribution is -2.50. The monoisotopic (exact) mass is 204 g/mol. The van der Waals surface area contributed by atoms with Gasteiger partial charge in [-0.3, -0.25) is 4.79 Å². The molecule has 1 amide bonds. The van der Waals surface area contributed by atoms with Crippen LogP contribution in [0.3, 0.4) is 0 Å². The topological polar surface area (TPSA) is 95.6 Å². The molecule has 0 fully saturated rings. The number of hydrogen-bond acceptors (Lipinski definition) is 4. The molecule has 0 heterocycles. The van der Waals surface area contributed by atoms with Crippen LogP contribution in [0, 0.1) is 5.41 Å². The van der Waals surface area contributed by atoms with Crippen LogP contribution in [0.4, 0.5) is 0 Å². The van der Waals surface area contributed by atoms with Crippen molar-refractivity contribution in [3.8, 4) is 0 Å². The van der Waals surface area contributed by atoms with Gasteiger partial charge in [-0.05, 0) is 5.41 Å². The molecule has 5 nitrogen and oxygen atoms in total. The predicted molar refractivity (Wildman–Crippen MR) is 53.5 cm³/mol. The molecule has 0 aliphatic rings. The van der Waals surface area contributed by atoms with Crippen LogP contribution < -0.4 is 11.1 Å². The third-order valence-electron chi connectivity index (χ3n) is 1.94. The molecule has 0 aliphatic carbocycles. The fourth-order valence-electron chi connectivity index (χ4n) is 0.786. The Labute approximate surface area is 84.3 Å². The first kappa shape index (κ1) is 13.4. The van der Waals surface area contributed by atoms with Gasteiger partial charge in [-0.15, -0.1) is 0 Å². The Morgan fingerprint density at radius 1 is 1.50 bits per heavy atom. The Morgan fingerprint density at radius 2 is 2.00 bits per heavy atom. The highest BCUT2D eigenvalue weighted by Gasteiger charge is 2.27. The molecule has 0 saturated heterocycles. The maximum Gasteiger partial charge on any atom is 0.237 e. The van der Waals surface area contributed by atoms with E-state index in [1.807, 2.05) is 20.8 Å². The summed E-state index contributed by atoms with van der Waals surface area (Å²) in [5.41, 5.74) is 5.35. The maximum absolute atomic E-state index is 11.4. The highest BCUT2D eigenvalue weighted by Crippen LogP contribution is 2.16. The molecule has 0 aromatic heterocycles. The lowest BCUT2D eigenvalue weighted by Gasteiger charge is -2.26. The van der Waals surface area contributed by atoms with Crippen molar-refractivity contribution in [2.75, 3.05) is 13.2 Å². The van der Waals surface area contributed by atoms with Crippen molar-refractivity contribution in [1.82, 2.24) is 5.32 Å².